The summed E-state index contributed by atoms with van der Waals surface area (Å²) in [5.41, 5.74) is 1.25. The van der Waals surface area contributed by atoms with Crippen LogP contribution in [0.1, 0.15) is 25.7 Å². The first kappa shape index (κ1) is 10.9. The van der Waals surface area contributed by atoms with Gasteiger partial charge < -0.3 is 4.90 Å². The Kier molecular flexibility index (Phi) is 3.62. The highest BCUT2D eigenvalue weighted by molar-refractivity contribution is 9.10. The third kappa shape index (κ3) is 2.71. The van der Waals surface area contributed by atoms with E-state index in [9.17, 15) is 0 Å². The second kappa shape index (κ2) is 4.97. The van der Waals surface area contributed by atoms with Gasteiger partial charge in [-0.25, -0.2) is 0 Å². The summed E-state index contributed by atoms with van der Waals surface area (Å²) in [5, 5.41) is 0. The van der Waals surface area contributed by atoms with Gasteiger partial charge in [0.25, 0.3) is 0 Å². The van der Waals surface area contributed by atoms with Crippen LogP contribution in [0.3, 0.4) is 0 Å². The fourth-order valence-corrected chi connectivity index (χ4v) is 2.91. The molecule has 2 rings (SSSR count). The molecule has 0 unspecified atom stereocenters. The molecule has 0 aliphatic heterocycles. The molecule has 3 heteroatoms. The second-order valence-electron chi connectivity index (χ2n) is 4.36. The molecule has 1 fully saturated rings. The van der Waals surface area contributed by atoms with E-state index in [-0.39, 0.29) is 0 Å². The zero-order valence-electron chi connectivity index (χ0n) is 9.12. The summed E-state index contributed by atoms with van der Waals surface area (Å²) >= 11 is 3.54. The average molecular weight is 269 g/mol. The summed E-state index contributed by atoms with van der Waals surface area (Å²) in [6.07, 6.45) is 9.33. The Balaban J connectivity index is 2.00. The van der Waals surface area contributed by atoms with Gasteiger partial charge in [-0.05, 0) is 40.8 Å². The van der Waals surface area contributed by atoms with E-state index in [1.54, 1.807) is 0 Å². The van der Waals surface area contributed by atoms with Crippen molar-refractivity contribution in [2.45, 2.75) is 25.7 Å². The van der Waals surface area contributed by atoms with Crippen LogP contribution in [0.5, 0.6) is 0 Å². The van der Waals surface area contributed by atoms with Gasteiger partial charge in [-0.3, -0.25) is 4.98 Å². The molecule has 0 atom stereocenters. The van der Waals surface area contributed by atoms with Crippen LogP contribution in [-0.2, 0) is 0 Å². The normalized spacial score (nSPS) is 16.9. The standard InChI is InChI=1S/C12H17BrN2/c1-15(9-10-4-2-3-5-10)12-6-7-14-8-11(12)13/h6-8,10H,2-5,9H2,1H3. The van der Waals surface area contributed by atoms with Crippen LogP contribution in [0.4, 0.5) is 5.69 Å². The fraction of sp³-hybridized carbons (Fsp3) is 0.583. The Morgan fingerprint density at radius 3 is 2.87 bits per heavy atom. The monoisotopic (exact) mass is 268 g/mol. The third-order valence-electron chi connectivity index (χ3n) is 3.17. The lowest BCUT2D eigenvalue weighted by Gasteiger charge is -2.23. The number of halogens is 1. The van der Waals surface area contributed by atoms with Crippen LogP contribution >= 0.6 is 15.9 Å². The number of anilines is 1. The molecule has 15 heavy (non-hydrogen) atoms. The molecule has 1 saturated carbocycles. The summed E-state index contributed by atoms with van der Waals surface area (Å²) in [4.78, 5) is 6.42. The van der Waals surface area contributed by atoms with Crippen molar-refractivity contribution < 1.29 is 0 Å². The van der Waals surface area contributed by atoms with Crippen molar-refractivity contribution in [1.82, 2.24) is 4.98 Å². The van der Waals surface area contributed by atoms with E-state index >= 15 is 0 Å². The molecule has 0 radical (unpaired) electrons. The van der Waals surface area contributed by atoms with Crippen molar-refractivity contribution >= 4 is 21.6 Å². The number of hydrogen-bond donors (Lipinski definition) is 0. The Morgan fingerprint density at radius 2 is 2.20 bits per heavy atom. The summed E-state index contributed by atoms with van der Waals surface area (Å²) in [6.45, 7) is 1.17. The molecule has 1 heterocycles. The molecule has 1 aliphatic rings. The van der Waals surface area contributed by atoms with Gasteiger partial charge in [0.1, 0.15) is 0 Å². The summed E-state index contributed by atoms with van der Waals surface area (Å²) in [5.74, 6) is 0.884. The van der Waals surface area contributed by atoms with E-state index in [4.69, 9.17) is 0 Å². The predicted molar refractivity (Wildman–Crippen MR) is 67.2 cm³/mol. The molecular weight excluding hydrogens is 252 g/mol. The SMILES string of the molecule is CN(CC1CCCC1)c1ccncc1Br. The first-order valence-electron chi connectivity index (χ1n) is 5.58. The molecule has 0 N–H and O–H groups in total. The highest BCUT2D eigenvalue weighted by atomic mass is 79.9. The van der Waals surface area contributed by atoms with Crippen LogP contribution < -0.4 is 4.90 Å². The predicted octanol–water partition coefficient (Wildman–Crippen LogP) is 3.47. The second-order valence-corrected chi connectivity index (χ2v) is 5.21. The van der Waals surface area contributed by atoms with Crippen molar-refractivity contribution in [3.05, 3.63) is 22.9 Å². The highest BCUT2D eigenvalue weighted by Crippen LogP contribution is 2.29. The molecule has 82 valence electrons. The summed E-state index contributed by atoms with van der Waals surface area (Å²) < 4.78 is 1.09. The quantitative estimate of drug-likeness (QED) is 0.835. The first-order chi connectivity index (χ1) is 7.27. The first-order valence-corrected chi connectivity index (χ1v) is 6.37. The van der Waals surface area contributed by atoms with Gasteiger partial charge in [-0.2, -0.15) is 0 Å². The maximum atomic E-state index is 4.09. The molecule has 1 aliphatic carbocycles. The lowest BCUT2D eigenvalue weighted by Crippen LogP contribution is -2.24. The lowest BCUT2D eigenvalue weighted by atomic mass is 10.1. The maximum absolute atomic E-state index is 4.09. The summed E-state index contributed by atoms with van der Waals surface area (Å²) in [6, 6.07) is 2.07. The number of hydrogen-bond acceptors (Lipinski definition) is 2. The Morgan fingerprint density at radius 1 is 1.47 bits per heavy atom. The van der Waals surface area contributed by atoms with Gasteiger partial charge in [0.05, 0.1) is 10.2 Å². The zero-order valence-corrected chi connectivity index (χ0v) is 10.7. The minimum absolute atomic E-state index is 0.884. The molecule has 0 saturated heterocycles. The number of aromatic nitrogens is 1. The van der Waals surface area contributed by atoms with E-state index in [1.807, 2.05) is 12.4 Å². The highest BCUT2D eigenvalue weighted by Gasteiger charge is 2.17. The van der Waals surface area contributed by atoms with Crippen LogP contribution in [0.25, 0.3) is 0 Å². The third-order valence-corrected chi connectivity index (χ3v) is 3.78. The van der Waals surface area contributed by atoms with Gasteiger partial charge in [-0.15, -0.1) is 0 Å². The molecule has 1 aromatic rings. The molecular formula is C12H17BrN2. The topological polar surface area (TPSA) is 16.1 Å². The van der Waals surface area contributed by atoms with E-state index in [0.717, 1.165) is 10.4 Å². The molecule has 0 bridgehead atoms. The van der Waals surface area contributed by atoms with Crippen molar-refractivity contribution in [2.24, 2.45) is 5.92 Å². The largest absolute Gasteiger partial charge is 0.373 e. The van der Waals surface area contributed by atoms with Gasteiger partial charge in [0.15, 0.2) is 0 Å². The van der Waals surface area contributed by atoms with Crippen molar-refractivity contribution in [3.63, 3.8) is 0 Å². The zero-order chi connectivity index (χ0) is 10.7. The average Bonchev–Trinajstić information content (AvgIpc) is 2.71. The number of rotatable bonds is 3. The Hall–Kier alpha value is -0.570. The Bertz CT molecular complexity index is 321. The van der Waals surface area contributed by atoms with Gasteiger partial charge in [0.2, 0.25) is 0 Å². The van der Waals surface area contributed by atoms with Crippen LogP contribution in [0, 0.1) is 5.92 Å². The molecule has 1 aromatic heterocycles. The molecule has 0 aromatic carbocycles. The number of nitrogens with zero attached hydrogens (tertiary/aromatic N) is 2. The van der Waals surface area contributed by atoms with Gasteiger partial charge in [0, 0.05) is 26.0 Å². The van der Waals surface area contributed by atoms with Crippen LogP contribution in [0.15, 0.2) is 22.9 Å². The smallest absolute Gasteiger partial charge is 0.0592 e. The summed E-state index contributed by atoms with van der Waals surface area (Å²) in [7, 11) is 2.17. The van der Waals surface area contributed by atoms with Crippen molar-refractivity contribution in [3.8, 4) is 0 Å². The van der Waals surface area contributed by atoms with E-state index in [1.165, 1.54) is 37.9 Å². The molecule has 0 amide bonds. The lowest BCUT2D eigenvalue weighted by molar-refractivity contribution is 0.546. The number of pyridine rings is 1. The molecule has 2 nitrogen and oxygen atoms in total. The van der Waals surface area contributed by atoms with Crippen molar-refractivity contribution in [1.29, 1.82) is 0 Å². The van der Waals surface area contributed by atoms with E-state index in [2.05, 4.69) is 38.9 Å². The van der Waals surface area contributed by atoms with Gasteiger partial charge >= 0.3 is 0 Å². The fourth-order valence-electron chi connectivity index (χ4n) is 2.36. The van der Waals surface area contributed by atoms with E-state index < -0.39 is 0 Å². The maximum Gasteiger partial charge on any atom is 0.0592 e. The van der Waals surface area contributed by atoms with Crippen molar-refractivity contribution in [2.75, 3.05) is 18.5 Å². The van der Waals surface area contributed by atoms with Crippen LogP contribution in [-0.4, -0.2) is 18.6 Å². The minimum Gasteiger partial charge on any atom is -0.373 e. The Labute approximate surface area is 99.8 Å². The van der Waals surface area contributed by atoms with Gasteiger partial charge in [-0.1, -0.05) is 12.8 Å². The van der Waals surface area contributed by atoms with Crippen LogP contribution in [0.2, 0.25) is 0 Å². The van der Waals surface area contributed by atoms with E-state index in [0.29, 0.717) is 0 Å². The molecule has 0 spiro atoms. The minimum atomic E-state index is 0.884.